The summed E-state index contributed by atoms with van der Waals surface area (Å²) < 4.78 is 5.53. The molecule has 0 bridgehead atoms. The number of hydrogen-bond donors (Lipinski definition) is 3. The molecule has 1 aromatic rings. The Morgan fingerprint density at radius 3 is 2.60 bits per heavy atom. The molecule has 0 spiro atoms. The lowest BCUT2D eigenvalue weighted by Crippen LogP contribution is -2.31. The number of hydrazine groups is 1. The quantitative estimate of drug-likeness (QED) is 0.499. The number of anilines is 2. The van der Waals surface area contributed by atoms with E-state index >= 15 is 0 Å². The SMILES string of the molecule is CCOCC(Nc1cc(NN)nc(C2CC2)n1)C(C)C. The first-order valence-corrected chi connectivity index (χ1v) is 7.34. The molecule has 1 fully saturated rings. The van der Waals surface area contributed by atoms with Crippen LogP contribution in [-0.4, -0.2) is 29.2 Å². The molecule has 1 aliphatic rings. The van der Waals surface area contributed by atoms with Crippen LogP contribution in [0.2, 0.25) is 0 Å². The Labute approximate surface area is 120 Å². The van der Waals surface area contributed by atoms with Crippen molar-refractivity contribution in [3.63, 3.8) is 0 Å². The summed E-state index contributed by atoms with van der Waals surface area (Å²) in [6.07, 6.45) is 2.33. The smallest absolute Gasteiger partial charge is 0.145 e. The average Bonchev–Trinajstić information content (AvgIpc) is 3.27. The molecule has 112 valence electrons. The van der Waals surface area contributed by atoms with Crippen molar-refractivity contribution in [2.75, 3.05) is 24.0 Å². The Kier molecular flexibility index (Phi) is 5.14. The van der Waals surface area contributed by atoms with E-state index in [4.69, 9.17) is 10.6 Å². The van der Waals surface area contributed by atoms with Crippen LogP contribution in [0.5, 0.6) is 0 Å². The molecule has 4 N–H and O–H groups in total. The Morgan fingerprint density at radius 2 is 2.05 bits per heavy atom. The van der Waals surface area contributed by atoms with Gasteiger partial charge in [0.05, 0.1) is 12.6 Å². The van der Waals surface area contributed by atoms with E-state index in [-0.39, 0.29) is 6.04 Å². The number of nitrogens with zero attached hydrogens (tertiary/aromatic N) is 2. The van der Waals surface area contributed by atoms with E-state index in [1.165, 1.54) is 12.8 Å². The van der Waals surface area contributed by atoms with Crippen LogP contribution in [0.1, 0.15) is 45.4 Å². The molecule has 6 heteroatoms. The molecule has 0 aromatic carbocycles. The predicted molar refractivity (Wildman–Crippen MR) is 80.6 cm³/mol. The topological polar surface area (TPSA) is 85.1 Å². The van der Waals surface area contributed by atoms with Crippen LogP contribution in [0, 0.1) is 5.92 Å². The van der Waals surface area contributed by atoms with Crippen molar-refractivity contribution >= 4 is 11.6 Å². The zero-order valence-electron chi connectivity index (χ0n) is 12.5. The molecule has 1 aromatic heterocycles. The third-order valence-corrected chi connectivity index (χ3v) is 3.47. The number of nitrogens with one attached hydrogen (secondary N) is 2. The summed E-state index contributed by atoms with van der Waals surface area (Å²) in [5.41, 5.74) is 2.61. The second-order valence-electron chi connectivity index (χ2n) is 5.57. The highest BCUT2D eigenvalue weighted by Crippen LogP contribution is 2.38. The van der Waals surface area contributed by atoms with Crippen LogP contribution in [-0.2, 0) is 4.74 Å². The van der Waals surface area contributed by atoms with Gasteiger partial charge < -0.3 is 15.5 Å². The van der Waals surface area contributed by atoms with Crippen molar-refractivity contribution in [3.8, 4) is 0 Å². The van der Waals surface area contributed by atoms with Crippen LogP contribution in [0.25, 0.3) is 0 Å². The van der Waals surface area contributed by atoms with Gasteiger partial charge in [-0.15, -0.1) is 0 Å². The molecule has 20 heavy (non-hydrogen) atoms. The van der Waals surface area contributed by atoms with Gasteiger partial charge in [-0.05, 0) is 25.7 Å². The number of aromatic nitrogens is 2. The Morgan fingerprint density at radius 1 is 1.35 bits per heavy atom. The van der Waals surface area contributed by atoms with E-state index < -0.39 is 0 Å². The minimum atomic E-state index is 0.225. The van der Waals surface area contributed by atoms with Crippen molar-refractivity contribution in [3.05, 3.63) is 11.9 Å². The van der Waals surface area contributed by atoms with Gasteiger partial charge in [0.2, 0.25) is 0 Å². The fourth-order valence-corrected chi connectivity index (χ4v) is 1.97. The summed E-state index contributed by atoms with van der Waals surface area (Å²) >= 11 is 0. The van der Waals surface area contributed by atoms with E-state index in [2.05, 4.69) is 34.6 Å². The van der Waals surface area contributed by atoms with Crippen molar-refractivity contribution < 1.29 is 4.74 Å². The van der Waals surface area contributed by atoms with E-state index in [0.29, 0.717) is 24.3 Å². The zero-order chi connectivity index (χ0) is 14.5. The molecule has 0 aliphatic heterocycles. The number of nitrogen functional groups attached to an aromatic ring is 1. The van der Waals surface area contributed by atoms with Crippen molar-refractivity contribution in [1.29, 1.82) is 0 Å². The van der Waals surface area contributed by atoms with Gasteiger partial charge in [-0.1, -0.05) is 13.8 Å². The summed E-state index contributed by atoms with van der Waals surface area (Å²) in [6.45, 7) is 7.73. The van der Waals surface area contributed by atoms with Crippen LogP contribution < -0.4 is 16.6 Å². The van der Waals surface area contributed by atoms with Crippen molar-refractivity contribution in [2.45, 2.75) is 45.6 Å². The summed E-state index contributed by atoms with van der Waals surface area (Å²) in [4.78, 5) is 9.01. The number of hydrogen-bond acceptors (Lipinski definition) is 6. The minimum Gasteiger partial charge on any atom is -0.380 e. The van der Waals surface area contributed by atoms with Crippen LogP contribution in [0.4, 0.5) is 11.6 Å². The summed E-state index contributed by atoms with van der Waals surface area (Å²) in [6, 6.07) is 2.07. The molecule has 1 heterocycles. The third-order valence-electron chi connectivity index (χ3n) is 3.47. The highest BCUT2D eigenvalue weighted by Gasteiger charge is 2.27. The molecular formula is C14H25N5O. The van der Waals surface area contributed by atoms with Crippen LogP contribution >= 0.6 is 0 Å². The maximum Gasteiger partial charge on any atom is 0.145 e. The molecule has 0 radical (unpaired) electrons. The lowest BCUT2D eigenvalue weighted by molar-refractivity contribution is 0.126. The molecule has 1 saturated carbocycles. The predicted octanol–water partition coefficient (Wildman–Crippen LogP) is 2.11. The Hall–Kier alpha value is -1.40. The van der Waals surface area contributed by atoms with E-state index in [1.807, 2.05) is 13.0 Å². The first kappa shape index (κ1) is 15.0. The van der Waals surface area contributed by atoms with Gasteiger partial charge in [0.1, 0.15) is 17.5 Å². The number of nitrogens with two attached hydrogens (primary N) is 1. The van der Waals surface area contributed by atoms with Gasteiger partial charge in [-0.2, -0.15) is 0 Å². The van der Waals surface area contributed by atoms with E-state index in [9.17, 15) is 0 Å². The van der Waals surface area contributed by atoms with Crippen LogP contribution in [0.3, 0.4) is 0 Å². The second-order valence-corrected chi connectivity index (χ2v) is 5.57. The molecule has 1 atom stereocenters. The molecule has 0 amide bonds. The molecule has 1 aliphatic carbocycles. The Bertz CT molecular complexity index is 434. The average molecular weight is 279 g/mol. The van der Waals surface area contributed by atoms with E-state index in [0.717, 1.165) is 18.2 Å². The highest BCUT2D eigenvalue weighted by molar-refractivity contribution is 5.48. The maximum absolute atomic E-state index is 5.53. The Balaban J connectivity index is 2.11. The second kappa shape index (κ2) is 6.85. The molecule has 1 unspecified atom stereocenters. The minimum absolute atomic E-state index is 0.225. The first-order chi connectivity index (χ1) is 9.63. The fraction of sp³-hybridized carbons (Fsp3) is 0.714. The fourth-order valence-electron chi connectivity index (χ4n) is 1.97. The number of ether oxygens (including phenoxy) is 1. The van der Waals surface area contributed by atoms with Gasteiger partial charge in [0, 0.05) is 18.6 Å². The van der Waals surface area contributed by atoms with Crippen molar-refractivity contribution in [1.82, 2.24) is 9.97 Å². The largest absolute Gasteiger partial charge is 0.380 e. The van der Waals surface area contributed by atoms with Crippen molar-refractivity contribution in [2.24, 2.45) is 11.8 Å². The summed E-state index contributed by atoms with van der Waals surface area (Å²) in [5.74, 6) is 8.78. The molecule has 2 rings (SSSR count). The van der Waals surface area contributed by atoms with Gasteiger partial charge in [-0.25, -0.2) is 15.8 Å². The maximum atomic E-state index is 5.53. The highest BCUT2D eigenvalue weighted by atomic mass is 16.5. The first-order valence-electron chi connectivity index (χ1n) is 7.34. The van der Waals surface area contributed by atoms with Gasteiger partial charge >= 0.3 is 0 Å². The van der Waals surface area contributed by atoms with Gasteiger partial charge in [-0.3, -0.25) is 0 Å². The zero-order valence-corrected chi connectivity index (χ0v) is 12.5. The third kappa shape index (κ3) is 4.05. The number of rotatable bonds is 8. The molecule has 0 saturated heterocycles. The normalized spacial score (nSPS) is 16.2. The lowest BCUT2D eigenvalue weighted by atomic mass is 10.1. The summed E-state index contributed by atoms with van der Waals surface area (Å²) in [7, 11) is 0. The van der Waals surface area contributed by atoms with E-state index in [1.54, 1.807) is 0 Å². The lowest BCUT2D eigenvalue weighted by Gasteiger charge is -2.23. The molecule has 6 nitrogen and oxygen atoms in total. The molecular weight excluding hydrogens is 254 g/mol. The standard InChI is InChI=1S/C14H25N5O/c1-4-20-8-11(9(2)3)16-12-7-13(19-15)18-14(17-12)10-5-6-10/h7,9-11H,4-6,8,15H2,1-3H3,(H2,16,17,18,19). The van der Waals surface area contributed by atoms with Gasteiger partial charge in [0.25, 0.3) is 0 Å². The van der Waals surface area contributed by atoms with Gasteiger partial charge in [0.15, 0.2) is 0 Å². The monoisotopic (exact) mass is 279 g/mol. The summed E-state index contributed by atoms with van der Waals surface area (Å²) in [5, 5.41) is 3.44. The van der Waals surface area contributed by atoms with Crippen LogP contribution in [0.15, 0.2) is 6.07 Å².